The number of amides is 4. The van der Waals surface area contributed by atoms with Crippen LogP contribution in [0.3, 0.4) is 0 Å². The van der Waals surface area contributed by atoms with Crippen molar-refractivity contribution in [3.05, 3.63) is 93.5 Å². The zero-order chi connectivity index (χ0) is 25.8. The van der Waals surface area contributed by atoms with Crippen LogP contribution in [0.25, 0.3) is 6.08 Å². The monoisotopic (exact) mass is 548 g/mol. The third-order valence-corrected chi connectivity index (χ3v) is 5.75. The fourth-order valence-corrected chi connectivity index (χ4v) is 3.80. The van der Waals surface area contributed by atoms with E-state index in [4.69, 9.17) is 9.47 Å². The minimum Gasteiger partial charge on any atom is -0.490 e. The standard InChI is InChI=1S/C27H21BrN2O6/c1-3-35-23-15-17(7-12-22(23)36-26(33)18-8-10-19(28)11-9-18)14-21-24(31)29-27(34)30(25(21)32)20-6-4-5-16(2)13-20/h4-15H,3H2,1-2H3,(H,29,31,34)/b21-14+. The molecule has 182 valence electrons. The van der Waals surface area contributed by atoms with Gasteiger partial charge in [0.2, 0.25) is 0 Å². The molecule has 4 amide bonds. The number of carbonyl (C=O) groups is 4. The van der Waals surface area contributed by atoms with Crippen molar-refractivity contribution in [1.29, 1.82) is 0 Å². The lowest BCUT2D eigenvalue weighted by molar-refractivity contribution is -0.122. The molecule has 0 aliphatic carbocycles. The maximum atomic E-state index is 13.1. The molecular weight excluding hydrogens is 528 g/mol. The summed E-state index contributed by atoms with van der Waals surface area (Å²) in [7, 11) is 0. The number of urea groups is 1. The molecule has 1 heterocycles. The first-order valence-electron chi connectivity index (χ1n) is 11.0. The van der Waals surface area contributed by atoms with Crippen LogP contribution in [0.4, 0.5) is 10.5 Å². The molecule has 1 aliphatic heterocycles. The molecule has 3 aromatic rings. The summed E-state index contributed by atoms with van der Waals surface area (Å²) in [6, 6.07) is 17.4. The van der Waals surface area contributed by atoms with E-state index in [0.29, 0.717) is 16.8 Å². The highest BCUT2D eigenvalue weighted by Crippen LogP contribution is 2.31. The molecule has 0 aromatic heterocycles. The Labute approximate surface area is 215 Å². The molecular formula is C27H21BrN2O6. The van der Waals surface area contributed by atoms with E-state index in [1.165, 1.54) is 12.1 Å². The number of hydrogen-bond donors (Lipinski definition) is 1. The predicted octanol–water partition coefficient (Wildman–Crippen LogP) is 5.04. The molecule has 3 aromatic carbocycles. The second kappa shape index (κ2) is 10.6. The van der Waals surface area contributed by atoms with Gasteiger partial charge in [-0.1, -0.05) is 34.1 Å². The van der Waals surface area contributed by atoms with Gasteiger partial charge in [0.25, 0.3) is 11.8 Å². The summed E-state index contributed by atoms with van der Waals surface area (Å²) in [5.74, 6) is -1.69. The topological polar surface area (TPSA) is 102 Å². The van der Waals surface area contributed by atoms with Gasteiger partial charge >= 0.3 is 12.0 Å². The number of nitrogens with one attached hydrogen (secondary N) is 1. The van der Waals surface area contributed by atoms with Gasteiger partial charge in [-0.05, 0) is 79.6 Å². The molecule has 0 saturated carbocycles. The quantitative estimate of drug-likeness (QED) is 0.200. The Morgan fingerprint density at radius 2 is 1.75 bits per heavy atom. The fourth-order valence-electron chi connectivity index (χ4n) is 3.54. The van der Waals surface area contributed by atoms with Crippen LogP contribution in [-0.2, 0) is 9.59 Å². The van der Waals surface area contributed by atoms with E-state index >= 15 is 0 Å². The zero-order valence-electron chi connectivity index (χ0n) is 19.4. The van der Waals surface area contributed by atoms with Gasteiger partial charge in [0.15, 0.2) is 11.5 Å². The lowest BCUT2D eigenvalue weighted by Crippen LogP contribution is -2.54. The predicted molar refractivity (Wildman–Crippen MR) is 137 cm³/mol. The van der Waals surface area contributed by atoms with Crippen LogP contribution in [0, 0.1) is 6.92 Å². The number of ether oxygens (including phenoxy) is 2. The van der Waals surface area contributed by atoms with Gasteiger partial charge < -0.3 is 9.47 Å². The SMILES string of the molecule is CCOc1cc(/C=C2\C(=O)NC(=O)N(c3cccc(C)c3)C2=O)ccc1OC(=O)c1ccc(Br)cc1. The zero-order valence-corrected chi connectivity index (χ0v) is 21.0. The van der Waals surface area contributed by atoms with Gasteiger partial charge in [-0.3, -0.25) is 14.9 Å². The summed E-state index contributed by atoms with van der Waals surface area (Å²) in [6.07, 6.45) is 1.36. The molecule has 1 fully saturated rings. The highest BCUT2D eigenvalue weighted by atomic mass is 79.9. The van der Waals surface area contributed by atoms with Crippen molar-refractivity contribution >= 4 is 51.5 Å². The Kier molecular flexibility index (Phi) is 7.30. The van der Waals surface area contributed by atoms with Crippen molar-refractivity contribution in [1.82, 2.24) is 5.32 Å². The number of aryl methyl sites for hydroxylation is 1. The molecule has 0 spiro atoms. The maximum absolute atomic E-state index is 13.1. The van der Waals surface area contributed by atoms with Crippen molar-refractivity contribution in [3.63, 3.8) is 0 Å². The van der Waals surface area contributed by atoms with E-state index in [-0.39, 0.29) is 23.7 Å². The summed E-state index contributed by atoms with van der Waals surface area (Å²) < 4.78 is 12.0. The Bertz CT molecular complexity index is 1400. The van der Waals surface area contributed by atoms with Crippen LogP contribution in [0.1, 0.15) is 28.4 Å². The largest absolute Gasteiger partial charge is 0.490 e. The van der Waals surface area contributed by atoms with Crippen molar-refractivity contribution in [3.8, 4) is 11.5 Å². The fraction of sp³-hybridized carbons (Fsp3) is 0.111. The summed E-state index contributed by atoms with van der Waals surface area (Å²) in [4.78, 5) is 51.5. The van der Waals surface area contributed by atoms with Crippen LogP contribution in [0.15, 0.2) is 76.8 Å². The van der Waals surface area contributed by atoms with Gasteiger partial charge in [0, 0.05) is 4.47 Å². The van der Waals surface area contributed by atoms with Crippen molar-refractivity contribution in [2.24, 2.45) is 0 Å². The molecule has 1 N–H and O–H groups in total. The first kappa shape index (κ1) is 24.9. The van der Waals surface area contributed by atoms with E-state index in [1.54, 1.807) is 61.5 Å². The molecule has 4 rings (SSSR count). The van der Waals surface area contributed by atoms with E-state index in [1.807, 2.05) is 13.0 Å². The first-order chi connectivity index (χ1) is 17.3. The molecule has 0 unspecified atom stereocenters. The van der Waals surface area contributed by atoms with Crippen LogP contribution in [-0.4, -0.2) is 30.4 Å². The smallest absolute Gasteiger partial charge is 0.343 e. The Balaban J connectivity index is 1.64. The lowest BCUT2D eigenvalue weighted by atomic mass is 10.1. The molecule has 0 radical (unpaired) electrons. The molecule has 1 saturated heterocycles. The number of carbonyl (C=O) groups excluding carboxylic acids is 4. The van der Waals surface area contributed by atoms with E-state index in [2.05, 4.69) is 21.2 Å². The maximum Gasteiger partial charge on any atom is 0.343 e. The second-order valence-electron chi connectivity index (χ2n) is 7.83. The van der Waals surface area contributed by atoms with Gasteiger partial charge in [-0.25, -0.2) is 14.5 Å². The third-order valence-electron chi connectivity index (χ3n) is 5.22. The summed E-state index contributed by atoms with van der Waals surface area (Å²) in [5, 5.41) is 2.20. The van der Waals surface area contributed by atoms with Crippen molar-refractivity contribution < 1.29 is 28.7 Å². The summed E-state index contributed by atoms with van der Waals surface area (Å²) in [6.45, 7) is 3.89. The Hall–Kier alpha value is -4.24. The van der Waals surface area contributed by atoms with E-state index in [9.17, 15) is 19.2 Å². The van der Waals surface area contributed by atoms with E-state index < -0.39 is 23.8 Å². The highest BCUT2D eigenvalue weighted by molar-refractivity contribution is 9.10. The minimum atomic E-state index is -0.821. The number of benzene rings is 3. The molecule has 9 heteroatoms. The van der Waals surface area contributed by atoms with Gasteiger partial charge in [0.1, 0.15) is 5.57 Å². The Morgan fingerprint density at radius 3 is 2.44 bits per heavy atom. The highest BCUT2D eigenvalue weighted by Gasteiger charge is 2.36. The molecule has 8 nitrogen and oxygen atoms in total. The third kappa shape index (κ3) is 5.36. The average molecular weight is 549 g/mol. The van der Waals surface area contributed by atoms with Crippen molar-refractivity contribution in [2.75, 3.05) is 11.5 Å². The van der Waals surface area contributed by atoms with Gasteiger partial charge in [-0.15, -0.1) is 0 Å². The second-order valence-corrected chi connectivity index (χ2v) is 8.75. The normalized spacial score (nSPS) is 14.6. The first-order valence-corrected chi connectivity index (χ1v) is 11.8. The van der Waals surface area contributed by atoms with Crippen LogP contribution in [0.2, 0.25) is 0 Å². The number of hydrogen-bond acceptors (Lipinski definition) is 6. The van der Waals surface area contributed by atoms with E-state index in [0.717, 1.165) is 14.9 Å². The lowest BCUT2D eigenvalue weighted by Gasteiger charge is -2.26. The summed E-state index contributed by atoms with van der Waals surface area (Å²) in [5.41, 5.74) is 1.78. The Morgan fingerprint density at radius 1 is 1.00 bits per heavy atom. The van der Waals surface area contributed by atoms with Crippen LogP contribution >= 0.6 is 15.9 Å². The number of imide groups is 2. The number of barbiturate groups is 1. The van der Waals surface area contributed by atoms with Gasteiger partial charge in [0.05, 0.1) is 17.9 Å². The minimum absolute atomic E-state index is 0.183. The van der Waals surface area contributed by atoms with Crippen molar-refractivity contribution in [2.45, 2.75) is 13.8 Å². The molecule has 1 aliphatic rings. The number of rotatable bonds is 6. The van der Waals surface area contributed by atoms with Crippen LogP contribution in [0.5, 0.6) is 11.5 Å². The number of halogens is 1. The average Bonchev–Trinajstić information content (AvgIpc) is 2.84. The number of anilines is 1. The van der Waals surface area contributed by atoms with Gasteiger partial charge in [-0.2, -0.15) is 0 Å². The number of esters is 1. The summed E-state index contributed by atoms with van der Waals surface area (Å²) >= 11 is 3.32. The molecule has 0 atom stereocenters. The molecule has 36 heavy (non-hydrogen) atoms. The number of nitrogens with zero attached hydrogens (tertiary/aromatic N) is 1. The van der Waals surface area contributed by atoms with Crippen LogP contribution < -0.4 is 19.7 Å². The molecule has 0 bridgehead atoms.